The normalized spacial score (nSPS) is 13.4. The van der Waals surface area contributed by atoms with Crippen LogP contribution >= 0.6 is 0 Å². The monoisotopic (exact) mass is 613 g/mol. The number of benzene rings is 7. The van der Waals surface area contributed by atoms with Gasteiger partial charge in [-0.3, -0.25) is 4.57 Å². The first kappa shape index (κ1) is 27.1. The first-order valence-electron chi connectivity index (χ1n) is 16.6. The van der Waals surface area contributed by atoms with Gasteiger partial charge in [0.1, 0.15) is 0 Å². The van der Waals surface area contributed by atoms with Crippen molar-refractivity contribution in [1.82, 2.24) is 14.5 Å². The van der Waals surface area contributed by atoms with Crippen molar-refractivity contribution in [2.45, 2.75) is 19.3 Å². The molecule has 0 bridgehead atoms. The molecule has 7 aromatic carbocycles. The highest BCUT2D eigenvalue weighted by molar-refractivity contribution is 6.26. The molecule has 0 fully saturated rings. The van der Waals surface area contributed by atoms with Crippen LogP contribution in [0.15, 0.2) is 152 Å². The fourth-order valence-electron chi connectivity index (χ4n) is 8.23. The predicted molar refractivity (Wildman–Crippen MR) is 200 cm³/mol. The SMILES string of the molecule is CC1(C)c2ccccc2-c2c1c1c(c3ccccc23)c2ccccc2n1-c1nc(-c2ccc(-c3ccccc3)cc2)c2ccccc2n1. The third-order valence-corrected chi connectivity index (χ3v) is 10.4. The first-order chi connectivity index (χ1) is 23.6. The molecule has 0 aliphatic heterocycles. The van der Waals surface area contributed by atoms with Crippen molar-refractivity contribution >= 4 is 43.5 Å². The van der Waals surface area contributed by atoms with E-state index in [-0.39, 0.29) is 5.41 Å². The average molecular weight is 614 g/mol. The predicted octanol–water partition coefficient (Wildman–Crippen LogP) is 11.5. The fraction of sp³-hybridized carbons (Fsp3) is 0.0667. The maximum absolute atomic E-state index is 5.47. The lowest BCUT2D eigenvalue weighted by Crippen LogP contribution is -2.17. The zero-order valence-corrected chi connectivity index (χ0v) is 26.8. The summed E-state index contributed by atoms with van der Waals surface area (Å²) in [5.41, 5.74) is 12.7. The van der Waals surface area contributed by atoms with Gasteiger partial charge in [0.25, 0.3) is 0 Å². The quantitative estimate of drug-likeness (QED) is 0.198. The van der Waals surface area contributed by atoms with Crippen molar-refractivity contribution in [3.8, 4) is 39.5 Å². The van der Waals surface area contributed by atoms with E-state index in [1.165, 1.54) is 60.4 Å². The van der Waals surface area contributed by atoms with Gasteiger partial charge in [-0.15, -0.1) is 0 Å². The molecule has 48 heavy (non-hydrogen) atoms. The Hall–Kier alpha value is -6.06. The Balaban J connectivity index is 1.33. The Kier molecular flexibility index (Phi) is 5.63. The van der Waals surface area contributed by atoms with E-state index in [1.807, 2.05) is 0 Å². The largest absolute Gasteiger partial charge is 0.278 e. The Bertz CT molecular complexity index is 2730. The van der Waals surface area contributed by atoms with Gasteiger partial charge in [-0.25, -0.2) is 9.97 Å². The highest BCUT2D eigenvalue weighted by Gasteiger charge is 2.40. The molecule has 9 aromatic rings. The van der Waals surface area contributed by atoms with Gasteiger partial charge in [0.05, 0.1) is 22.2 Å². The van der Waals surface area contributed by atoms with Gasteiger partial charge in [0.2, 0.25) is 5.95 Å². The van der Waals surface area contributed by atoms with Crippen LogP contribution in [0.3, 0.4) is 0 Å². The topological polar surface area (TPSA) is 30.7 Å². The number of para-hydroxylation sites is 2. The van der Waals surface area contributed by atoms with Gasteiger partial charge >= 0.3 is 0 Å². The summed E-state index contributed by atoms with van der Waals surface area (Å²) in [5.74, 6) is 0.686. The molecule has 0 saturated carbocycles. The van der Waals surface area contributed by atoms with Crippen molar-refractivity contribution < 1.29 is 0 Å². The summed E-state index contributed by atoms with van der Waals surface area (Å²) in [6.07, 6.45) is 0. The molecule has 3 nitrogen and oxygen atoms in total. The maximum Gasteiger partial charge on any atom is 0.235 e. The van der Waals surface area contributed by atoms with Gasteiger partial charge in [-0.1, -0.05) is 153 Å². The van der Waals surface area contributed by atoms with E-state index in [2.05, 4.69) is 170 Å². The molecule has 1 aliphatic rings. The third-order valence-electron chi connectivity index (χ3n) is 10.4. The minimum absolute atomic E-state index is 0.229. The van der Waals surface area contributed by atoms with Crippen LogP contribution in [-0.4, -0.2) is 14.5 Å². The van der Waals surface area contributed by atoms with Crippen LogP contribution in [-0.2, 0) is 5.41 Å². The van der Waals surface area contributed by atoms with E-state index in [1.54, 1.807) is 0 Å². The van der Waals surface area contributed by atoms with E-state index < -0.39 is 0 Å². The van der Waals surface area contributed by atoms with Gasteiger partial charge in [0, 0.05) is 27.1 Å². The summed E-state index contributed by atoms with van der Waals surface area (Å²) >= 11 is 0. The molecule has 0 spiro atoms. The maximum atomic E-state index is 5.47. The Morgan fingerprint density at radius 3 is 1.92 bits per heavy atom. The average Bonchev–Trinajstić information content (AvgIpc) is 3.61. The van der Waals surface area contributed by atoms with Crippen LogP contribution in [0.5, 0.6) is 0 Å². The van der Waals surface area contributed by atoms with E-state index in [4.69, 9.17) is 9.97 Å². The molecule has 3 heteroatoms. The van der Waals surface area contributed by atoms with Crippen LogP contribution < -0.4 is 0 Å². The molecular formula is C45H31N3. The number of aromatic nitrogens is 3. The molecule has 10 rings (SSSR count). The first-order valence-corrected chi connectivity index (χ1v) is 16.6. The highest BCUT2D eigenvalue weighted by atomic mass is 15.2. The van der Waals surface area contributed by atoms with Crippen LogP contribution in [0.25, 0.3) is 82.9 Å². The summed E-state index contributed by atoms with van der Waals surface area (Å²) in [4.78, 5) is 10.8. The molecule has 226 valence electrons. The third kappa shape index (κ3) is 3.70. The second-order valence-electron chi connectivity index (χ2n) is 13.4. The molecule has 0 saturated heterocycles. The summed E-state index contributed by atoms with van der Waals surface area (Å²) in [5, 5.41) is 6.05. The summed E-state index contributed by atoms with van der Waals surface area (Å²) < 4.78 is 2.35. The van der Waals surface area contributed by atoms with Crippen LogP contribution in [0, 0.1) is 0 Å². The number of fused-ring (bicyclic) bond motifs is 11. The summed E-state index contributed by atoms with van der Waals surface area (Å²) in [6, 6.07) is 54.3. The Morgan fingerprint density at radius 2 is 1.10 bits per heavy atom. The van der Waals surface area contributed by atoms with E-state index in [0.717, 1.165) is 27.7 Å². The molecule has 2 aromatic heterocycles. The second kappa shape index (κ2) is 9.97. The molecule has 0 atom stereocenters. The van der Waals surface area contributed by atoms with Gasteiger partial charge in [0.15, 0.2) is 0 Å². The lowest BCUT2D eigenvalue weighted by Gasteiger charge is -2.24. The molecule has 0 N–H and O–H groups in total. The molecule has 1 aliphatic carbocycles. The Labute approximate surface area is 278 Å². The fourth-order valence-corrected chi connectivity index (χ4v) is 8.23. The van der Waals surface area contributed by atoms with E-state index in [0.29, 0.717) is 5.95 Å². The van der Waals surface area contributed by atoms with Crippen LogP contribution in [0.4, 0.5) is 0 Å². The zero-order valence-electron chi connectivity index (χ0n) is 26.8. The van der Waals surface area contributed by atoms with Crippen molar-refractivity contribution in [3.63, 3.8) is 0 Å². The molecule has 0 amide bonds. The van der Waals surface area contributed by atoms with Crippen molar-refractivity contribution in [2.24, 2.45) is 0 Å². The molecule has 0 radical (unpaired) electrons. The zero-order chi connectivity index (χ0) is 32.0. The van der Waals surface area contributed by atoms with Gasteiger partial charge in [-0.05, 0) is 56.3 Å². The molecule has 0 unspecified atom stereocenters. The number of rotatable bonds is 3. The number of hydrogen-bond donors (Lipinski definition) is 0. The Morgan fingerprint density at radius 1 is 0.500 bits per heavy atom. The van der Waals surface area contributed by atoms with Crippen molar-refractivity contribution in [3.05, 3.63) is 163 Å². The lowest BCUT2D eigenvalue weighted by atomic mass is 9.80. The van der Waals surface area contributed by atoms with E-state index in [9.17, 15) is 0 Å². The van der Waals surface area contributed by atoms with Crippen molar-refractivity contribution in [1.29, 1.82) is 0 Å². The standard InChI is InChI=1S/C45H31N3/c1-45(2)36-21-11-8-18-33(36)39-31-16-6-7-17-32(31)40-35-20-10-13-23-38(35)48(43(40)41(39)45)44-46-37-22-12-9-19-34(37)42(47-44)30-26-24-29(25-27-30)28-14-4-3-5-15-28/h3-27H,1-2H3. The minimum atomic E-state index is -0.229. The van der Waals surface area contributed by atoms with Gasteiger partial charge in [-0.2, -0.15) is 0 Å². The minimum Gasteiger partial charge on any atom is -0.278 e. The summed E-state index contributed by atoms with van der Waals surface area (Å²) in [7, 11) is 0. The molecular weight excluding hydrogens is 583 g/mol. The second-order valence-corrected chi connectivity index (χ2v) is 13.4. The van der Waals surface area contributed by atoms with Crippen LogP contribution in [0.1, 0.15) is 25.0 Å². The smallest absolute Gasteiger partial charge is 0.235 e. The van der Waals surface area contributed by atoms with E-state index >= 15 is 0 Å². The number of nitrogens with zero attached hydrogens (tertiary/aromatic N) is 3. The molecule has 2 heterocycles. The van der Waals surface area contributed by atoms with Crippen molar-refractivity contribution in [2.75, 3.05) is 0 Å². The van der Waals surface area contributed by atoms with Gasteiger partial charge < -0.3 is 0 Å². The number of hydrogen-bond acceptors (Lipinski definition) is 2. The van der Waals surface area contributed by atoms with Crippen LogP contribution in [0.2, 0.25) is 0 Å². The lowest BCUT2D eigenvalue weighted by molar-refractivity contribution is 0.664. The summed E-state index contributed by atoms with van der Waals surface area (Å²) in [6.45, 7) is 4.74. The highest BCUT2D eigenvalue weighted by Crippen LogP contribution is 2.56.